The molecule has 0 radical (unpaired) electrons. The van der Waals surface area contributed by atoms with Crippen LogP contribution in [0.3, 0.4) is 0 Å². The fourth-order valence-corrected chi connectivity index (χ4v) is 3.45. The van der Waals surface area contributed by atoms with E-state index >= 15 is 0 Å². The van der Waals surface area contributed by atoms with Gasteiger partial charge in [0.2, 0.25) is 0 Å². The Morgan fingerprint density at radius 1 is 1.28 bits per heavy atom. The molecule has 18 heavy (non-hydrogen) atoms. The molecule has 2 atom stereocenters. The molecule has 4 nitrogen and oxygen atoms in total. The summed E-state index contributed by atoms with van der Waals surface area (Å²) >= 11 is 0. The number of likely N-dealkylation sites (N-methyl/N-ethyl adjacent to an activating group) is 1. The molecule has 2 N–H and O–H groups in total. The van der Waals surface area contributed by atoms with Gasteiger partial charge in [0.05, 0.1) is 12.1 Å². The molecule has 106 valence electrons. The Morgan fingerprint density at radius 2 is 2.11 bits per heavy atom. The van der Waals surface area contributed by atoms with E-state index in [1.807, 2.05) is 0 Å². The Bertz CT molecular complexity index is 261. The highest BCUT2D eigenvalue weighted by Crippen LogP contribution is 2.22. The van der Waals surface area contributed by atoms with Crippen molar-refractivity contribution in [2.75, 3.05) is 45.9 Å². The summed E-state index contributed by atoms with van der Waals surface area (Å²) in [5.41, 5.74) is -0.147. The Kier molecular flexibility index (Phi) is 5.01. The molecule has 2 aliphatic rings. The molecule has 0 aromatic heterocycles. The van der Waals surface area contributed by atoms with Crippen LogP contribution < -0.4 is 5.32 Å². The van der Waals surface area contributed by atoms with Gasteiger partial charge in [-0.2, -0.15) is 0 Å². The summed E-state index contributed by atoms with van der Waals surface area (Å²) in [7, 11) is 0. The topological polar surface area (TPSA) is 38.7 Å². The molecule has 2 unspecified atom stereocenters. The third kappa shape index (κ3) is 3.44. The van der Waals surface area contributed by atoms with Crippen LogP contribution in [0.2, 0.25) is 0 Å². The number of hydrogen-bond donors (Lipinski definition) is 2. The van der Waals surface area contributed by atoms with Gasteiger partial charge >= 0.3 is 0 Å². The minimum atomic E-state index is -0.147. The Morgan fingerprint density at radius 3 is 2.83 bits per heavy atom. The summed E-state index contributed by atoms with van der Waals surface area (Å²) in [6.45, 7) is 11.2. The molecule has 2 rings (SSSR count). The van der Waals surface area contributed by atoms with Gasteiger partial charge in [-0.05, 0) is 32.9 Å². The summed E-state index contributed by atoms with van der Waals surface area (Å²) in [5.74, 6) is 0. The smallest absolute Gasteiger partial charge is 0.0623 e. The molecule has 0 aromatic rings. The zero-order valence-corrected chi connectivity index (χ0v) is 12.0. The van der Waals surface area contributed by atoms with Gasteiger partial charge in [-0.3, -0.25) is 9.80 Å². The van der Waals surface area contributed by atoms with Crippen LogP contribution in [0.15, 0.2) is 0 Å². The Labute approximate surface area is 111 Å². The van der Waals surface area contributed by atoms with Crippen LogP contribution in [-0.2, 0) is 0 Å². The van der Waals surface area contributed by atoms with Crippen LogP contribution >= 0.6 is 0 Å². The minimum absolute atomic E-state index is 0.147. The molecule has 0 bridgehead atoms. The minimum Gasteiger partial charge on any atom is -0.394 e. The average molecular weight is 255 g/mol. The van der Waals surface area contributed by atoms with E-state index < -0.39 is 0 Å². The van der Waals surface area contributed by atoms with E-state index in [0.29, 0.717) is 0 Å². The van der Waals surface area contributed by atoms with E-state index in [-0.39, 0.29) is 12.1 Å². The molecule has 0 saturated carbocycles. The van der Waals surface area contributed by atoms with Gasteiger partial charge in [0.1, 0.15) is 0 Å². The second-order valence-electron chi connectivity index (χ2n) is 6.17. The molecule has 0 spiro atoms. The summed E-state index contributed by atoms with van der Waals surface area (Å²) < 4.78 is 0. The van der Waals surface area contributed by atoms with Crippen molar-refractivity contribution >= 4 is 0 Å². The highest BCUT2D eigenvalue weighted by Gasteiger charge is 2.32. The van der Waals surface area contributed by atoms with Gasteiger partial charge in [0.15, 0.2) is 0 Å². The van der Waals surface area contributed by atoms with E-state index in [1.54, 1.807) is 0 Å². The average Bonchev–Trinajstić information content (AvgIpc) is 2.39. The van der Waals surface area contributed by atoms with Crippen molar-refractivity contribution in [3.63, 3.8) is 0 Å². The number of piperidine rings is 1. The lowest BCUT2D eigenvalue weighted by Crippen LogP contribution is -2.60. The van der Waals surface area contributed by atoms with Crippen molar-refractivity contribution in [2.24, 2.45) is 0 Å². The van der Waals surface area contributed by atoms with Crippen LogP contribution in [-0.4, -0.2) is 72.4 Å². The number of fused-ring (bicyclic) bond motifs is 1. The molecule has 4 heteroatoms. The molecule has 0 amide bonds. The largest absolute Gasteiger partial charge is 0.394 e. The fraction of sp³-hybridized carbons (Fsp3) is 1.00. The van der Waals surface area contributed by atoms with Gasteiger partial charge in [-0.25, -0.2) is 0 Å². The predicted octanol–water partition coefficient (Wildman–Crippen LogP) is 0.517. The van der Waals surface area contributed by atoms with E-state index in [9.17, 15) is 5.11 Å². The lowest BCUT2D eigenvalue weighted by molar-refractivity contribution is 0.0271. The van der Waals surface area contributed by atoms with Gasteiger partial charge in [-0.1, -0.05) is 13.3 Å². The maximum absolute atomic E-state index is 9.58. The lowest BCUT2D eigenvalue weighted by Gasteiger charge is -2.46. The van der Waals surface area contributed by atoms with Crippen molar-refractivity contribution < 1.29 is 5.11 Å². The number of piperazine rings is 1. The summed E-state index contributed by atoms with van der Waals surface area (Å²) in [6.07, 6.45) is 4.12. The molecular weight excluding hydrogens is 226 g/mol. The summed E-state index contributed by atoms with van der Waals surface area (Å²) in [4.78, 5) is 5.19. The third-order valence-corrected chi connectivity index (χ3v) is 4.45. The normalized spacial score (nSPS) is 29.8. The molecule has 0 aliphatic carbocycles. The van der Waals surface area contributed by atoms with Crippen LogP contribution in [0.25, 0.3) is 0 Å². The van der Waals surface area contributed by atoms with Crippen molar-refractivity contribution in [3.8, 4) is 0 Å². The zero-order valence-electron chi connectivity index (χ0n) is 12.0. The second kappa shape index (κ2) is 6.33. The Balaban J connectivity index is 1.86. The van der Waals surface area contributed by atoms with Crippen molar-refractivity contribution in [1.82, 2.24) is 15.1 Å². The number of hydrogen-bond acceptors (Lipinski definition) is 4. The molecule has 2 fully saturated rings. The van der Waals surface area contributed by atoms with Gasteiger partial charge in [0.25, 0.3) is 0 Å². The van der Waals surface area contributed by atoms with Crippen molar-refractivity contribution in [3.05, 3.63) is 0 Å². The first-order valence-corrected chi connectivity index (χ1v) is 7.49. The van der Waals surface area contributed by atoms with Crippen LogP contribution in [0.5, 0.6) is 0 Å². The first kappa shape index (κ1) is 14.3. The maximum atomic E-state index is 9.58. The van der Waals surface area contributed by atoms with Crippen LogP contribution in [0.1, 0.15) is 33.1 Å². The highest BCUT2D eigenvalue weighted by molar-refractivity contribution is 4.91. The second-order valence-corrected chi connectivity index (χ2v) is 6.17. The molecule has 2 saturated heterocycles. The maximum Gasteiger partial charge on any atom is 0.0623 e. The fourth-order valence-electron chi connectivity index (χ4n) is 3.45. The third-order valence-electron chi connectivity index (χ3n) is 4.45. The van der Waals surface area contributed by atoms with Gasteiger partial charge in [-0.15, -0.1) is 0 Å². The monoisotopic (exact) mass is 255 g/mol. The standard InChI is InChI=1S/C14H29N3O/c1-3-15-14(2,12-18)11-16-8-9-17-7-5-4-6-13(17)10-16/h13,15,18H,3-12H2,1-2H3. The number of rotatable bonds is 5. The van der Waals surface area contributed by atoms with E-state index in [4.69, 9.17) is 0 Å². The van der Waals surface area contributed by atoms with Crippen molar-refractivity contribution in [2.45, 2.75) is 44.7 Å². The highest BCUT2D eigenvalue weighted by atomic mass is 16.3. The number of aliphatic hydroxyl groups is 1. The summed E-state index contributed by atoms with van der Waals surface area (Å²) in [6, 6.07) is 0.761. The summed E-state index contributed by atoms with van der Waals surface area (Å²) in [5, 5.41) is 13.0. The molecule has 0 aromatic carbocycles. The number of nitrogens with one attached hydrogen (secondary N) is 1. The molecule has 2 heterocycles. The number of nitrogens with zero attached hydrogens (tertiary/aromatic N) is 2. The number of aliphatic hydroxyl groups excluding tert-OH is 1. The first-order valence-electron chi connectivity index (χ1n) is 7.49. The van der Waals surface area contributed by atoms with Crippen LogP contribution in [0, 0.1) is 0 Å². The van der Waals surface area contributed by atoms with Crippen LogP contribution in [0.4, 0.5) is 0 Å². The predicted molar refractivity (Wildman–Crippen MR) is 74.8 cm³/mol. The Hall–Kier alpha value is -0.160. The van der Waals surface area contributed by atoms with E-state index in [2.05, 4.69) is 29.0 Å². The first-order chi connectivity index (χ1) is 8.67. The molecular formula is C14H29N3O. The SMILES string of the molecule is CCNC(C)(CO)CN1CCN2CCCCC2C1. The lowest BCUT2D eigenvalue weighted by atomic mass is 9.97. The van der Waals surface area contributed by atoms with Gasteiger partial charge < -0.3 is 10.4 Å². The van der Waals surface area contributed by atoms with Crippen molar-refractivity contribution in [1.29, 1.82) is 0 Å². The zero-order chi connectivity index (χ0) is 13.0. The quantitative estimate of drug-likeness (QED) is 0.751. The van der Waals surface area contributed by atoms with E-state index in [0.717, 1.165) is 25.7 Å². The molecule has 2 aliphatic heterocycles. The van der Waals surface area contributed by atoms with Gasteiger partial charge in [0, 0.05) is 32.2 Å². The van der Waals surface area contributed by atoms with E-state index in [1.165, 1.54) is 38.9 Å².